The SMILES string of the molecule is C=CCC(CC=C)[NH2+]CCO.CS(=O)(=O)[O-]. The van der Waals surface area contributed by atoms with Crippen LogP contribution in [0.5, 0.6) is 0 Å². The van der Waals surface area contributed by atoms with Crippen molar-refractivity contribution in [3.05, 3.63) is 25.3 Å². The van der Waals surface area contributed by atoms with E-state index in [0.717, 1.165) is 19.4 Å². The molecule has 96 valence electrons. The molecule has 0 rings (SSSR count). The normalized spacial score (nSPS) is 10.5. The lowest BCUT2D eigenvalue weighted by Gasteiger charge is -2.09. The van der Waals surface area contributed by atoms with Gasteiger partial charge in [-0.2, -0.15) is 0 Å². The van der Waals surface area contributed by atoms with Crippen molar-refractivity contribution in [1.29, 1.82) is 0 Å². The fourth-order valence-corrected chi connectivity index (χ4v) is 1.03. The van der Waals surface area contributed by atoms with Crippen LogP contribution in [0.2, 0.25) is 0 Å². The molecule has 0 spiro atoms. The van der Waals surface area contributed by atoms with Crippen LogP contribution in [0.4, 0.5) is 0 Å². The van der Waals surface area contributed by atoms with E-state index >= 15 is 0 Å². The molecule has 0 aromatic carbocycles. The Morgan fingerprint density at radius 3 is 2.00 bits per heavy atom. The van der Waals surface area contributed by atoms with Gasteiger partial charge in [-0.25, -0.2) is 8.42 Å². The maximum atomic E-state index is 9.08. The molecule has 0 bridgehead atoms. The van der Waals surface area contributed by atoms with Gasteiger partial charge in [0.05, 0.1) is 29.3 Å². The van der Waals surface area contributed by atoms with E-state index in [2.05, 4.69) is 18.5 Å². The summed E-state index contributed by atoms with van der Waals surface area (Å²) in [5.74, 6) is 0. The van der Waals surface area contributed by atoms with Crippen molar-refractivity contribution in [3.63, 3.8) is 0 Å². The van der Waals surface area contributed by atoms with Crippen molar-refractivity contribution in [2.75, 3.05) is 19.4 Å². The minimum absolute atomic E-state index is 0.241. The second-order valence-corrected chi connectivity index (χ2v) is 4.67. The van der Waals surface area contributed by atoms with E-state index in [1.165, 1.54) is 0 Å². The van der Waals surface area contributed by atoms with E-state index in [0.29, 0.717) is 12.3 Å². The zero-order valence-corrected chi connectivity index (χ0v) is 10.4. The summed E-state index contributed by atoms with van der Waals surface area (Å²) in [5, 5.41) is 10.7. The lowest BCUT2D eigenvalue weighted by molar-refractivity contribution is -0.689. The summed E-state index contributed by atoms with van der Waals surface area (Å²) in [4.78, 5) is 0. The van der Waals surface area contributed by atoms with Crippen LogP contribution in [0.25, 0.3) is 0 Å². The molecule has 0 fully saturated rings. The van der Waals surface area contributed by atoms with Gasteiger partial charge >= 0.3 is 0 Å². The minimum Gasteiger partial charge on any atom is -0.748 e. The molecule has 0 aliphatic rings. The number of aliphatic hydroxyl groups excluding tert-OH is 1. The van der Waals surface area contributed by atoms with Crippen LogP contribution in [-0.4, -0.2) is 43.5 Å². The first-order valence-corrected chi connectivity index (χ1v) is 6.73. The zero-order chi connectivity index (χ0) is 13.0. The topological polar surface area (TPSA) is 94.0 Å². The molecule has 0 aliphatic heterocycles. The number of hydrogen-bond acceptors (Lipinski definition) is 4. The predicted molar refractivity (Wildman–Crippen MR) is 62.9 cm³/mol. The van der Waals surface area contributed by atoms with Gasteiger partial charge in [0.15, 0.2) is 0 Å². The molecule has 0 amide bonds. The van der Waals surface area contributed by atoms with Crippen molar-refractivity contribution in [1.82, 2.24) is 0 Å². The highest BCUT2D eigenvalue weighted by molar-refractivity contribution is 7.84. The third-order valence-corrected chi connectivity index (χ3v) is 1.57. The molecule has 3 N–H and O–H groups in total. The lowest BCUT2D eigenvalue weighted by Crippen LogP contribution is -2.90. The lowest BCUT2D eigenvalue weighted by atomic mass is 10.1. The molecule has 0 unspecified atom stereocenters. The molecule has 0 radical (unpaired) electrons. The second-order valence-electron chi connectivity index (χ2n) is 3.26. The van der Waals surface area contributed by atoms with Gasteiger partial charge in [0, 0.05) is 19.1 Å². The minimum atomic E-state index is -3.92. The molecule has 0 heterocycles. The molecule has 0 aromatic heterocycles. The van der Waals surface area contributed by atoms with Crippen LogP contribution in [0.1, 0.15) is 12.8 Å². The number of hydrogen-bond donors (Lipinski definition) is 2. The quantitative estimate of drug-likeness (QED) is 0.458. The average Bonchev–Trinajstić information content (AvgIpc) is 2.12. The summed E-state index contributed by atoms with van der Waals surface area (Å²) in [6.45, 7) is 8.36. The second kappa shape index (κ2) is 10.8. The number of rotatable bonds is 7. The Morgan fingerprint density at radius 1 is 1.38 bits per heavy atom. The molecule has 0 saturated heterocycles. The fourth-order valence-electron chi connectivity index (χ4n) is 1.03. The Morgan fingerprint density at radius 2 is 1.75 bits per heavy atom. The van der Waals surface area contributed by atoms with Crippen LogP contribution in [0.3, 0.4) is 0 Å². The number of aliphatic hydroxyl groups is 1. The van der Waals surface area contributed by atoms with E-state index in [4.69, 9.17) is 18.1 Å². The number of nitrogens with two attached hydrogens (primary N) is 1. The maximum absolute atomic E-state index is 9.08. The van der Waals surface area contributed by atoms with E-state index in [1.807, 2.05) is 12.2 Å². The Labute approximate surface area is 97.6 Å². The highest BCUT2D eigenvalue weighted by Crippen LogP contribution is 1.93. The maximum Gasteiger partial charge on any atom is 0.0992 e. The molecule has 5 nitrogen and oxygen atoms in total. The van der Waals surface area contributed by atoms with Gasteiger partial charge in [0.25, 0.3) is 0 Å². The summed E-state index contributed by atoms with van der Waals surface area (Å²) in [7, 11) is -3.92. The Balaban J connectivity index is 0. The predicted octanol–water partition coefficient (Wildman–Crippen LogP) is -0.776. The van der Waals surface area contributed by atoms with Gasteiger partial charge in [-0.15, -0.1) is 13.2 Å². The van der Waals surface area contributed by atoms with Gasteiger partial charge in [0.1, 0.15) is 0 Å². The standard InChI is InChI=1S/C9H17NO.CH4O3S/c1-3-5-9(6-4-2)10-7-8-11;1-5(2,3)4/h3-4,9-11H,1-2,5-8H2;1H3,(H,2,3,4). The van der Waals surface area contributed by atoms with Crippen molar-refractivity contribution < 1.29 is 23.4 Å². The van der Waals surface area contributed by atoms with Crippen LogP contribution in [-0.2, 0) is 10.1 Å². The highest BCUT2D eigenvalue weighted by atomic mass is 32.2. The van der Waals surface area contributed by atoms with Crippen molar-refractivity contribution in [3.8, 4) is 0 Å². The van der Waals surface area contributed by atoms with Crippen molar-refractivity contribution >= 4 is 10.1 Å². The third-order valence-electron chi connectivity index (χ3n) is 1.57. The third kappa shape index (κ3) is 23.3. The van der Waals surface area contributed by atoms with Gasteiger partial charge in [-0.3, -0.25) is 0 Å². The molecular weight excluding hydrogens is 230 g/mol. The van der Waals surface area contributed by atoms with Crippen LogP contribution in [0.15, 0.2) is 25.3 Å². The van der Waals surface area contributed by atoms with Gasteiger partial charge in [0.2, 0.25) is 0 Å². The monoisotopic (exact) mass is 251 g/mol. The van der Waals surface area contributed by atoms with Crippen LogP contribution >= 0.6 is 0 Å². The molecule has 0 aliphatic carbocycles. The molecule has 6 heteroatoms. The van der Waals surface area contributed by atoms with Crippen molar-refractivity contribution in [2.45, 2.75) is 18.9 Å². The Bertz CT molecular complexity index is 257. The molecule has 0 atom stereocenters. The van der Waals surface area contributed by atoms with Gasteiger partial charge < -0.3 is 15.0 Å². The van der Waals surface area contributed by atoms with Crippen molar-refractivity contribution in [2.24, 2.45) is 0 Å². The van der Waals surface area contributed by atoms with E-state index in [9.17, 15) is 0 Å². The summed E-state index contributed by atoms with van der Waals surface area (Å²) in [5.41, 5.74) is 0. The summed E-state index contributed by atoms with van der Waals surface area (Å²) < 4.78 is 27.2. The van der Waals surface area contributed by atoms with E-state index in [-0.39, 0.29) is 6.61 Å². The largest absolute Gasteiger partial charge is 0.748 e. The average molecular weight is 251 g/mol. The van der Waals surface area contributed by atoms with Gasteiger partial charge in [-0.1, -0.05) is 12.2 Å². The van der Waals surface area contributed by atoms with Crippen LogP contribution in [0, 0.1) is 0 Å². The summed E-state index contributed by atoms with van der Waals surface area (Å²) in [6.07, 6.45) is 6.37. The van der Waals surface area contributed by atoms with E-state index in [1.54, 1.807) is 0 Å². The number of quaternary nitrogens is 1. The zero-order valence-electron chi connectivity index (χ0n) is 9.63. The molecule has 16 heavy (non-hydrogen) atoms. The van der Waals surface area contributed by atoms with E-state index < -0.39 is 10.1 Å². The molecule has 0 saturated carbocycles. The molecular formula is C10H21NO4S. The van der Waals surface area contributed by atoms with Crippen LogP contribution < -0.4 is 5.32 Å². The first-order chi connectivity index (χ1) is 7.35. The fraction of sp³-hybridized carbons (Fsp3) is 0.600. The Kier molecular flexibility index (Phi) is 12.0. The summed E-state index contributed by atoms with van der Waals surface area (Å²) >= 11 is 0. The first-order valence-electron chi connectivity index (χ1n) is 4.92. The molecule has 0 aromatic rings. The smallest absolute Gasteiger partial charge is 0.0992 e. The Hall–Kier alpha value is -0.690. The van der Waals surface area contributed by atoms with Gasteiger partial charge in [-0.05, 0) is 0 Å². The first kappa shape index (κ1) is 17.7. The highest BCUT2D eigenvalue weighted by Gasteiger charge is 2.05. The summed E-state index contributed by atoms with van der Waals surface area (Å²) in [6, 6.07) is 0.511.